The van der Waals surface area contributed by atoms with Crippen LogP contribution in [0.2, 0.25) is 0 Å². The molecule has 33 heavy (non-hydrogen) atoms. The topological polar surface area (TPSA) is 66.0 Å². The maximum atomic E-state index is 13.2. The second-order valence-corrected chi connectivity index (χ2v) is 9.16. The molecule has 0 spiro atoms. The number of piperidine rings is 1. The van der Waals surface area contributed by atoms with Crippen molar-refractivity contribution in [2.75, 3.05) is 45.9 Å². The van der Waals surface area contributed by atoms with Crippen molar-refractivity contribution in [3.8, 4) is 0 Å². The first-order valence-electron chi connectivity index (χ1n) is 12.1. The molecule has 0 N–H and O–H groups in total. The largest absolute Gasteiger partial charge is 0.378 e. The Balaban J connectivity index is 1.29. The van der Waals surface area contributed by atoms with E-state index < -0.39 is 0 Å². The first kappa shape index (κ1) is 22.0. The molecule has 7 heteroatoms. The van der Waals surface area contributed by atoms with Crippen LogP contribution in [0.15, 0.2) is 48.8 Å². The summed E-state index contributed by atoms with van der Waals surface area (Å²) in [7, 11) is 0. The number of benzene rings is 1. The molecule has 0 aliphatic carbocycles. The molecule has 3 aliphatic heterocycles. The van der Waals surface area contributed by atoms with E-state index in [1.807, 2.05) is 15.9 Å². The number of hydrogen-bond acceptors (Lipinski definition) is 5. The number of hydrogen-bond donors (Lipinski definition) is 0. The van der Waals surface area contributed by atoms with Crippen LogP contribution >= 0.6 is 0 Å². The van der Waals surface area contributed by atoms with Crippen LogP contribution in [-0.4, -0.2) is 83.5 Å². The minimum Gasteiger partial charge on any atom is -0.378 e. The van der Waals surface area contributed by atoms with Crippen LogP contribution in [0, 0.1) is 0 Å². The summed E-state index contributed by atoms with van der Waals surface area (Å²) in [5, 5.41) is 0. The Bertz CT molecular complexity index is 969. The Morgan fingerprint density at radius 1 is 0.939 bits per heavy atom. The Hall–Kier alpha value is -2.77. The van der Waals surface area contributed by atoms with Gasteiger partial charge in [0.2, 0.25) is 5.91 Å². The minimum atomic E-state index is 0.0598. The Labute approximate surface area is 195 Å². The fraction of sp³-hybridized carbons (Fsp3) is 0.500. The predicted octanol–water partition coefficient (Wildman–Crippen LogP) is 2.53. The van der Waals surface area contributed by atoms with E-state index in [9.17, 15) is 9.59 Å². The molecule has 1 aromatic heterocycles. The first-order chi connectivity index (χ1) is 16.2. The summed E-state index contributed by atoms with van der Waals surface area (Å²) in [6.45, 7) is 5.05. The number of amides is 2. The molecule has 5 rings (SSSR count). The predicted molar refractivity (Wildman–Crippen MR) is 125 cm³/mol. The summed E-state index contributed by atoms with van der Waals surface area (Å²) < 4.78 is 5.43. The highest BCUT2D eigenvalue weighted by molar-refractivity contribution is 5.93. The molecule has 0 bridgehead atoms. The average molecular weight is 449 g/mol. The van der Waals surface area contributed by atoms with Gasteiger partial charge in [0, 0.05) is 63.6 Å². The molecule has 4 heterocycles. The highest BCUT2D eigenvalue weighted by Gasteiger charge is 2.36. The number of pyridine rings is 1. The van der Waals surface area contributed by atoms with Crippen LogP contribution in [0.4, 0.5) is 0 Å². The fourth-order valence-electron chi connectivity index (χ4n) is 5.51. The van der Waals surface area contributed by atoms with Gasteiger partial charge in [0.1, 0.15) is 0 Å². The monoisotopic (exact) mass is 448 g/mol. The van der Waals surface area contributed by atoms with Gasteiger partial charge in [-0.3, -0.25) is 19.5 Å². The van der Waals surface area contributed by atoms with Crippen LogP contribution in [0.25, 0.3) is 0 Å². The molecule has 0 radical (unpaired) electrons. The molecule has 2 fully saturated rings. The van der Waals surface area contributed by atoms with E-state index in [1.54, 1.807) is 18.5 Å². The number of carbonyl (C=O) groups excluding carboxylic acids is 2. The van der Waals surface area contributed by atoms with E-state index in [-0.39, 0.29) is 17.9 Å². The molecule has 2 amide bonds. The standard InChI is InChI=1S/C26H32N4O3/c31-25(28-14-16-33-17-15-28)18-24-23-6-2-1-4-20(23)7-13-30(24)22-8-11-29(12-9-22)26(32)21-5-3-10-27-19-21/h1-6,10,19,22,24H,7-9,11-18H2. The first-order valence-corrected chi connectivity index (χ1v) is 12.1. The Morgan fingerprint density at radius 2 is 1.73 bits per heavy atom. The number of aromatic nitrogens is 1. The quantitative estimate of drug-likeness (QED) is 0.719. The second-order valence-electron chi connectivity index (χ2n) is 9.16. The number of morpholine rings is 1. The normalized spacial score (nSPS) is 22.1. The fourth-order valence-corrected chi connectivity index (χ4v) is 5.51. The smallest absolute Gasteiger partial charge is 0.255 e. The molecule has 7 nitrogen and oxygen atoms in total. The number of ether oxygens (including phenoxy) is 1. The summed E-state index contributed by atoms with van der Waals surface area (Å²) in [5.41, 5.74) is 3.30. The van der Waals surface area contributed by atoms with Crippen LogP contribution in [0.5, 0.6) is 0 Å². The summed E-state index contributed by atoms with van der Waals surface area (Å²) in [4.78, 5) is 36.6. The van der Waals surface area contributed by atoms with Gasteiger partial charge in [-0.2, -0.15) is 0 Å². The average Bonchev–Trinajstić information content (AvgIpc) is 2.89. The SMILES string of the molecule is O=C(CC1c2ccccc2CCN1C1CCN(C(=O)c2cccnc2)CC1)N1CCOCC1. The van der Waals surface area contributed by atoms with Gasteiger partial charge in [0.05, 0.1) is 18.8 Å². The maximum Gasteiger partial charge on any atom is 0.255 e. The van der Waals surface area contributed by atoms with Gasteiger partial charge >= 0.3 is 0 Å². The van der Waals surface area contributed by atoms with Gasteiger partial charge in [-0.15, -0.1) is 0 Å². The number of fused-ring (bicyclic) bond motifs is 1. The lowest BCUT2D eigenvalue weighted by molar-refractivity contribution is -0.137. The van der Waals surface area contributed by atoms with E-state index in [4.69, 9.17) is 4.74 Å². The van der Waals surface area contributed by atoms with E-state index >= 15 is 0 Å². The molecule has 1 aromatic carbocycles. The molecule has 1 unspecified atom stereocenters. The second kappa shape index (κ2) is 10.0. The molecule has 0 saturated carbocycles. The van der Waals surface area contributed by atoms with Crippen molar-refractivity contribution in [3.05, 3.63) is 65.5 Å². The van der Waals surface area contributed by atoms with Gasteiger partial charge in [0.15, 0.2) is 0 Å². The summed E-state index contributed by atoms with van der Waals surface area (Å²) in [6.07, 6.45) is 6.70. The van der Waals surface area contributed by atoms with Gasteiger partial charge in [0.25, 0.3) is 5.91 Å². The van der Waals surface area contributed by atoms with Gasteiger partial charge in [-0.25, -0.2) is 0 Å². The number of carbonyl (C=O) groups is 2. The van der Waals surface area contributed by atoms with Crippen molar-refractivity contribution in [1.82, 2.24) is 19.7 Å². The molecule has 2 aromatic rings. The van der Waals surface area contributed by atoms with Crippen molar-refractivity contribution in [2.24, 2.45) is 0 Å². The van der Waals surface area contributed by atoms with Crippen molar-refractivity contribution in [1.29, 1.82) is 0 Å². The lowest BCUT2D eigenvalue weighted by Gasteiger charge is -2.45. The van der Waals surface area contributed by atoms with Crippen molar-refractivity contribution >= 4 is 11.8 Å². The number of nitrogens with zero attached hydrogens (tertiary/aromatic N) is 4. The van der Waals surface area contributed by atoms with Gasteiger partial charge in [-0.1, -0.05) is 24.3 Å². The van der Waals surface area contributed by atoms with Crippen molar-refractivity contribution in [2.45, 2.75) is 37.8 Å². The third-order valence-electron chi connectivity index (χ3n) is 7.31. The molecule has 3 aliphatic rings. The van der Waals surface area contributed by atoms with Crippen LogP contribution in [0.1, 0.15) is 46.8 Å². The number of likely N-dealkylation sites (tertiary alicyclic amines) is 1. The third kappa shape index (κ3) is 4.80. The lowest BCUT2D eigenvalue weighted by atomic mass is 9.87. The lowest BCUT2D eigenvalue weighted by Crippen LogP contribution is -2.51. The molecular formula is C26H32N4O3. The van der Waals surface area contributed by atoms with E-state index in [0.717, 1.165) is 38.9 Å². The van der Waals surface area contributed by atoms with Crippen molar-refractivity contribution in [3.63, 3.8) is 0 Å². The van der Waals surface area contributed by atoms with E-state index in [1.165, 1.54) is 11.1 Å². The maximum absolute atomic E-state index is 13.2. The van der Waals surface area contributed by atoms with Crippen LogP contribution in [0.3, 0.4) is 0 Å². The zero-order valence-corrected chi connectivity index (χ0v) is 19.1. The molecular weight excluding hydrogens is 416 g/mol. The summed E-state index contributed by atoms with van der Waals surface area (Å²) in [6, 6.07) is 12.7. The highest BCUT2D eigenvalue weighted by atomic mass is 16.5. The van der Waals surface area contributed by atoms with Crippen molar-refractivity contribution < 1.29 is 14.3 Å². The Morgan fingerprint density at radius 3 is 2.48 bits per heavy atom. The third-order valence-corrected chi connectivity index (χ3v) is 7.31. The van der Waals surface area contributed by atoms with Gasteiger partial charge in [-0.05, 0) is 42.5 Å². The van der Waals surface area contributed by atoms with E-state index in [2.05, 4.69) is 34.1 Å². The van der Waals surface area contributed by atoms with Crippen LogP contribution in [-0.2, 0) is 16.0 Å². The Kier molecular flexibility index (Phi) is 6.69. The number of rotatable bonds is 4. The molecule has 2 saturated heterocycles. The molecule has 1 atom stereocenters. The zero-order valence-electron chi connectivity index (χ0n) is 19.1. The van der Waals surface area contributed by atoms with Crippen LogP contribution < -0.4 is 0 Å². The molecule has 174 valence electrons. The summed E-state index contributed by atoms with van der Waals surface area (Å²) >= 11 is 0. The van der Waals surface area contributed by atoms with Gasteiger partial charge < -0.3 is 14.5 Å². The summed E-state index contributed by atoms with van der Waals surface area (Å²) in [5.74, 6) is 0.277. The zero-order chi connectivity index (χ0) is 22.6. The van der Waals surface area contributed by atoms with E-state index in [0.29, 0.717) is 44.3 Å². The highest BCUT2D eigenvalue weighted by Crippen LogP contribution is 2.36. The minimum absolute atomic E-state index is 0.0598.